The van der Waals surface area contributed by atoms with Crippen LogP contribution in [0.3, 0.4) is 0 Å². The molecule has 2 fully saturated rings. The van der Waals surface area contributed by atoms with Crippen LogP contribution in [-0.2, 0) is 0 Å². The second kappa shape index (κ2) is 5.97. The van der Waals surface area contributed by atoms with E-state index in [1.807, 2.05) is 0 Å². The summed E-state index contributed by atoms with van der Waals surface area (Å²) in [7, 11) is 0. The van der Waals surface area contributed by atoms with Crippen LogP contribution in [0.4, 0.5) is 0 Å². The predicted molar refractivity (Wildman–Crippen MR) is 80.6 cm³/mol. The molecule has 0 aromatic carbocycles. The summed E-state index contributed by atoms with van der Waals surface area (Å²) in [4.78, 5) is 0. The van der Waals surface area contributed by atoms with Crippen molar-refractivity contribution in [3.05, 3.63) is 0 Å². The van der Waals surface area contributed by atoms with E-state index >= 15 is 0 Å². The van der Waals surface area contributed by atoms with Crippen molar-refractivity contribution >= 4 is 0 Å². The average Bonchev–Trinajstić information content (AvgIpc) is 2.36. The van der Waals surface area contributed by atoms with Crippen LogP contribution in [0.2, 0.25) is 0 Å². The molecule has 4 atom stereocenters. The van der Waals surface area contributed by atoms with E-state index in [0.717, 1.165) is 23.7 Å². The summed E-state index contributed by atoms with van der Waals surface area (Å²) in [6.45, 7) is 9.87. The molecule has 2 saturated carbocycles. The molecular formula is C18H34. The normalized spacial score (nSPS) is 37.0. The Balaban J connectivity index is 1.95. The van der Waals surface area contributed by atoms with Crippen LogP contribution in [0.15, 0.2) is 0 Å². The highest BCUT2D eigenvalue weighted by Crippen LogP contribution is 2.53. The van der Waals surface area contributed by atoms with Gasteiger partial charge < -0.3 is 0 Å². The van der Waals surface area contributed by atoms with Gasteiger partial charge in [-0.05, 0) is 54.8 Å². The van der Waals surface area contributed by atoms with Crippen molar-refractivity contribution < 1.29 is 0 Å². The standard InChI is InChI=1S/C18H34/c1-5-14(2)11-12-15-8-6-10-17-16(15)9-7-13-18(17,3)4/h14-17H,5-13H2,1-4H3/t14?,15-,16?,17?/m1/s1. The van der Waals surface area contributed by atoms with Gasteiger partial charge in [-0.1, -0.05) is 59.8 Å². The van der Waals surface area contributed by atoms with Crippen molar-refractivity contribution in [1.29, 1.82) is 0 Å². The second-order valence-corrected chi connectivity index (χ2v) is 7.93. The fourth-order valence-electron chi connectivity index (χ4n) is 4.80. The summed E-state index contributed by atoms with van der Waals surface area (Å²) in [5.74, 6) is 4.13. The Labute approximate surface area is 115 Å². The van der Waals surface area contributed by atoms with Crippen LogP contribution >= 0.6 is 0 Å². The van der Waals surface area contributed by atoms with Crippen molar-refractivity contribution in [2.75, 3.05) is 0 Å². The zero-order valence-corrected chi connectivity index (χ0v) is 13.2. The minimum atomic E-state index is 0.637. The van der Waals surface area contributed by atoms with E-state index in [1.54, 1.807) is 6.42 Å². The van der Waals surface area contributed by atoms with E-state index in [9.17, 15) is 0 Å². The molecule has 0 radical (unpaired) electrons. The minimum absolute atomic E-state index is 0.637. The fourth-order valence-corrected chi connectivity index (χ4v) is 4.80. The van der Waals surface area contributed by atoms with Gasteiger partial charge in [-0.25, -0.2) is 0 Å². The van der Waals surface area contributed by atoms with Crippen LogP contribution in [-0.4, -0.2) is 0 Å². The third-order valence-corrected chi connectivity index (χ3v) is 6.30. The first kappa shape index (κ1) is 14.4. The molecular weight excluding hydrogens is 216 g/mol. The van der Waals surface area contributed by atoms with E-state index in [2.05, 4.69) is 27.7 Å². The molecule has 0 nitrogen and oxygen atoms in total. The second-order valence-electron chi connectivity index (χ2n) is 7.93. The minimum Gasteiger partial charge on any atom is -0.0651 e. The van der Waals surface area contributed by atoms with Gasteiger partial charge in [0.15, 0.2) is 0 Å². The molecule has 0 spiro atoms. The van der Waals surface area contributed by atoms with Crippen molar-refractivity contribution in [3.8, 4) is 0 Å². The lowest BCUT2D eigenvalue weighted by Gasteiger charge is -2.50. The highest BCUT2D eigenvalue weighted by Gasteiger charge is 2.43. The lowest BCUT2D eigenvalue weighted by molar-refractivity contribution is -0.000547. The summed E-state index contributed by atoms with van der Waals surface area (Å²) < 4.78 is 0. The van der Waals surface area contributed by atoms with Gasteiger partial charge in [0.1, 0.15) is 0 Å². The van der Waals surface area contributed by atoms with Crippen LogP contribution in [0, 0.1) is 29.1 Å². The molecule has 3 unspecified atom stereocenters. The first-order valence-corrected chi connectivity index (χ1v) is 8.54. The van der Waals surface area contributed by atoms with Crippen molar-refractivity contribution in [2.24, 2.45) is 29.1 Å². The Morgan fingerprint density at radius 1 is 1.11 bits per heavy atom. The Morgan fingerprint density at radius 3 is 2.61 bits per heavy atom. The van der Waals surface area contributed by atoms with Gasteiger partial charge in [-0.3, -0.25) is 0 Å². The zero-order valence-electron chi connectivity index (χ0n) is 13.2. The maximum Gasteiger partial charge on any atom is -0.0323 e. The molecule has 106 valence electrons. The van der Waals surface area contributed by atoms with E-state index < -0.39 is 0 Å². The number of fused-ring (bicyclic) bond motifs is 1. The van der Waals surface area contributed by atoms with Gasteiger partial charge in [0, 0.05) is 0 Å². The van der Waals surface area contributed by atoms with Gasteiger partial charge in [0.05, 0.1) is 0 Å². The largest absolute Gasteiger partial charge is 0.0651 e. The molecule has 0 N–H and O–H groups in total. The van der Waals surface area contributed by atoms with Crippen LogP contribution in [0.1, 0.15) is 85.5 Å². The van der Waals surface area contributed by atoms with Gasteiger partial charge in [-0.2, -0.15) is 0 Å². The van der Waals surface area contributed by atoms with Crippen LogP contribution in [0.25, 0.3) is 0 Å². The monoisotopic (exact) mass is 250 g/mol. The molecule has 0 heterocycles. The average molecular weight is 250 g/mol. The summed E-state index contributed by atoms with van der Waals surface area (Å²) in [6, 6.07) is 0. The van der Waals surface area contributed by atoms with E-state index in [1.165, 1.54) is 51.4 Å². The maximum atomic E-state index is 2.54. The van der Waals surface area contributed by atoms with Crippen molar-refractivity contribution in [3.63, 3.8) is 0 Å². The van der Waals surface area contributed by atoms with Crippen molar-refractivity contribution in [1.82, 2.24) is 0 Å². The first-order valence-electron chi connectivity index (χ1n) is 8.54. The maximum absolute atomic E-state index is 2.54. The molecule has 0 amide bonds. The topological polar surface area (TPSA) is 0 Å². The Morgan fingerprint density at radius 2 is 1.89 bits per heavy atom. The summed E-state index contributed by atoms with van der Waals surface area (Å²) in [5.41, 5.74) is 0.637. The highest BCUT2D eigenvalue weighted by atomic mass is 14.5. The van der Waals surface area contributed by atoms with Crippen LogP contribution in [0.5, 0.6) is 0 Å². The molecule has 0 heteroatoms. The zero-order chi connectivity index (χ0) is 13.2. The third kappa shape index (κ3) is 3.11. The Bertz CT molecular complexity index is 253. The molecule has 18 heavy (non-hydrogen) atoms. The Kier molecular flexibility index (Phi) is 4.78. The fraction of sp³-hybridized carbons (Fsp3) is 1.00. The van der Waals surface area contributed by atoms with Gasteiger partial charge in [0.25, 0.3) is 0 Å². The molecule has 2 rings (SSSR count). The van der Waals surface area contributed by atoms with Crippen molar-refractivity contribution in [2.45, 2.75) is 85.5 Å². The summed E-state index contributed by atoms with van der Waals surface area (Å²) >= 11 is 0. The molecule has 2 aliphatic carbocycles. The van der Waals surface area contributed by atoms with E-state index in [-0.39, 0.29) is 0 Å². The number of hydrogen-bond acceptors (Lipinski definition) is 0. The molecule has 0 aromatic rings. The smallest absolute Gasteiger partial charge is 0.0323 e. The molecule has 0 aliphatic heterocycles. The highest BCUT2D eigenvalue weighted by molar-refractivity contribution is 4.93. The number of rotatable bonds is 4. The number of hydrogen-bond donors (Lipinski definition) is 0. The first-order chi connectivity index (χ1) is 8.54. The van der Waals surface area contributed by atoms with Crippen LogP contribution < -0.4 is 0 Å². The quantitative estimate of drug-likeness (QED) is 0.569. The lowest BCUT2D eigenvalue weighted by atomic mass is 9.55. The summed E-state index contributed by atoms with van der Waals surface area (Å²) in [6.07, 6.45) is 13.4. The van der Waals surface area contributed by atoms with E-state index in [0.29, 0.717) is 5.41 Å². The van der Waals surface area contributed by atoms with E-state index in [4.69, 9.17) is 0 Å². The predicted octanol–water partition coefficient (Wildman–Crippen LogP) is 6.06. The Hall–Kier alpha value is 0. The van der Waals surface area contributed by atoms with Gasteiger partial charge >= 0.3 is 0 Å². The molecule has 2 aliphatic rings. The lowest BCUT2D eigenvalue weighted by Crippen LogP contribution is -2.41. The summed E-state index contributed by atoms with van der Waals surface area (Å²) in [5, 5.41) is 0. The third-order valence-electron chi connectivity index (χ3n) is 6.30. The molecule has 0 saturated heterocycles. The molecule has 0 aromatic heterocycles. The molecule has 0 bridgehead atoms. The van der Waals surface area contributed by atoms with Gasteiger partial charge in [-0.15, -0.1) is 0 Å². The SMILES string of the molecule is CCC(C)CC[C@H]1CCCC2C1CCCC2(C)C. The van der Waals surface area contributed by atoms with Gasteiger partial charge in [0.2, 0.25) is 0 Å².